The summed E-state index contributed by atoms with van der Waals surface area (Å²) in [4.78, 5) is 13.5. The van der Waals surface area contributed by atoms with Crippen molar-refractivity contribution in [3.05, 3.63) is 24.3 Å². The molecule has 26 heavy (non-hydrogen) atoms. The lowest BCUT2D eigenvalue weighted by molar-refractivity contribution is 0.122. The van der Waals surface area contributed by atoms with Crippen LogP contribution < -0.4 is 9.80 Å². The van der Waals surface area contributed by atoms with Crippen molar-refractivity contribution in [3.63, 3.8) is 0 Å². The van der Waals surface area contributed by atoms with E-state index in [2.05, 4.69) is 36.1 Å². The second-order valence-electron chi connectivity index (χ2n) is 6.85. The molecule has 2 aromatic heterocycles. The molecule has 0 spiro atoms. The van der Waals surface area contributed by atoms with E-state index < -0.39 is 0 Å². The SMILES string of the molecule is OCc1cn(CC2CCN(c3cc(N4CCOCC4)ncn3)CC2)nn1. The topological polar surface area (TPSA) is 92.4 Å². The Kier molecular flexibility index (Phi) is 5.26. The van der Waals surface area contributed by atoms with Crippen molar-refractivity contribution in [3.8, 4) is 0 Å². The average molecular weight is 359 g/mol. The highest BCUT2D eigenvalue weighted by Crippen LogP contribution is 2.25. The van der Waals surface area contributed by atoms with E-state index in [9.17, 15) is 0 Å². The maximum atomic E-state index is 9.09. The van der Waals surface area contributed by atoms with Gasteiger partial charge in [-0.05, 0) is 18.8 Å². The Bertz CT molecular complexity index is 709. The number of hydrogen-bond acceptors (Lipinski definition) is 8. The van der Waals surface area contributed by atoms with Gasteiger partial charge in [0.15, 0.2) is 0 Å². The normalized spacial score (nSPS) is 19.1. The van der Waals surface area contributed by atoms with Gasteiger partial charge < -0.3 is 19.6 Å². The second-order valence-corrected chi connectivity index (χ2v) is 6.85. The lowest BCUT2D eigenvalue weighted by atomic mass is 9.97. The van der Waals surface area contributed by atoms with Gasteiger partial charge in [0.25, 0.3) is 0 Å². The quantitative estimate of drug-likeness (QED) is 0.816. The molecule has 0 aromatic carbocycles. The molecule has 0 unspecified atom stereocenters. The van der Waals surface area contributed by atoms with E-state index in [0.717, 1.165) is 70.4 Å². The van der Waals surface area contributed by atoms with E-state index in [-0.39, 0.29) is 6.61 Å². The first-order valence-corrected chi connectivity index (χ1v) is 9.21. The Morgan fingerprint density at radius 2 is 1.73 bits per heavy atom. The van der Waals surface area contributed by atoms with Gasteiger partial charge in [0.05, 0.1) is 26.0 Å². The van der Waals surface area contributed by atoms with Gasteiger partial charge in [0, 0.05) is 38.8 Å². The molecule has 2 aliphatic rings. The monoisotopic (exact) mass is 359 g/mol. The van der Waals surface area contributed by atoms with Gasteiger partial charge in [-0.25, -0.2) is 9.97 Å². The zero-order valence-electron chi connectivity index (χ0n) is 14.9. The summed E-state index contributed by atoms with van der Waals surface area (Å²) >= 11 is 0. The predicted octanol–water partition coefficient (Wildman–Crippen LogP) is 0.314. The summed E-state index contributed by atoms with van der Waals surface area (Å²) in [5, 5.41) is 17.1. The Hall–Kier alpha value is -2.26. The molecule has 140 valence electrons. The Labute approximate surface area is 152 Å². The molecule has 4 rings (SSSR count). The summed E-state index contributed by atoms with van der Waals surface area (Å²) in [5.74, 6) is 2.56. The van der Waals surface area contributed by atoms with Gasteiger partial charge in [-0.1, -0.05) is 5.21 Å². The van der Waals surface area contributed by atoms with E-state index in [1.165, 1.54) is 0 Å². The van der Waals surface area contributed by atoms with E-state index in [0.29, 0.717) is 11.6 Å². The van der Waals surface area contributed by atoms with Crippen LogP contribution in [-0.4, -0.2) is 69.5 Å². The fourth-order valence-electron chi connectivity index (χ4n) is 3.58. The molecule has 9 nitrogen and oxygen atoms in total. The van der Waals surface area contributed by atoms with Crippen LogP contribution in [-0.2, 0) is 17.9 Å². The van der Waals surface area contributed by atoms with Gasteiger partial charge in [0.1, 0.15) is 23.7 Å². The van der Waals surface area contributed by atoms with Crippen molar-refractivity contribution in [2.24, 2.45) is 5.92 Å². The van der Waals surface area contributed by atoms with Gasteiger partial charge >= 0.3 is 0 Å². The summed E-state index contributed by atoms with van der Waals surface area (Å²) in [6, 6.07) is 2.09. The van der Waals surface area contributed by atoms with E-state index >= 15 is 0 Å². The van der Waals surface area contributed by atoms with Crippen LogP contribution in [0.15, 0.2) is 18.6 Å². The highest BCUT2D eigenvalue weighted by Gasteiger charge is 2.22. The van der Waals surface area contributed by atoms with E-state index in [1.54, 1.807) is 6.33 Å². The van der Waals surface area contributed by atoms with Crippen molar-refractivity contribution in [2.45, 2.75) is 26.0 Å². The van der Waals surface area contributed by atoms with Crippen LogP contribution in [0.2, 0.25) is 0 Å². The first kappa shape index (κ1) is 17.2. The molecule has 0 amide bonds. The van der Waals surface area contributed by atoms with Crippen molar-refractivity contribution >= 4 is 11.6 Å². The number of hydrogen-bond donors (Lipinski definition) is 1. The fraction of sp³-hybridized carbons (Fsp3) is 0.647. The molecule has 0 aliphatic carbocycles. The smallest absolute Gasteiger partial charge is 0.134 e. The highest BCUT2D eigenvalue weighted by atomic mass is 16.5. The van der Waals surface area contributed by atoms with Gasteiger partial charge in [-0.2, -0.15) is 0 Å². The third-order valence-corrected chi connectivity index (χ3v) is 5.11. The first-order valence-electron chi connectivity index (χ1n) is 9.21. The zero-order valence-corrected chi connectivity index (χ0v) is 14.9. The Balaban J connectivity index is 1.34. The van der Waals surface area contributed by atoms with Gasteiger partial charge in [-0.3, -0.25) is 4.68 Å². The number of aliphatic hydroxyl groups is 1. The maximum absolute atomic E-state index is 9.09. The lowest BCUT2D eigenvalue weighted by Gasteiger charge is -2.33. The van der Waals surface area contributed by atoms with Crippen LogP contribution in [0.25, 0.3) is 0 Å². The fourth-order valence-corrected chi connectivity index (χ4v) is 3.58. The molecule has 4 heterocycles. The number of ether oxygens (including phenoxy) is 1. The molecule has 2 aliphatic heterocycles. The third kappa shape index (κ3) is 3.94. The van der Waals surface area contributed by atoms with Crippen LogP contribution in [0.4, 0.5) is 11.6 Å². The molecule has 2 fully saturated rings. The van der Waals surface area contributed by atoms with Crippen LogP contribution in [0.5, 0.6) is 0 Å². The number of aromatic nitrogens is 5. The van der Waals surface area contributed by atoms with Crippen LogP contribution in [0.1, 0.15) is 18.5 Å². The van der Waals surface area contributed by atoms with E-state index in [1.807, 2.05) is 10.9 Å². The number of rotatable bonds is 5. The number of morpholine rings is 1. The second kappa shape index (κ2) is 7.96. The number of nitrogens with zero attached hydrogens (tertiary/aromatic N) is 7. The molecule has 1 N–H and O–H groups in total. The Morgan fingerprint density at radius 1 is 1.04 bits per heavy atom. The zero-order chi connectivity index (χ0) is 17.8. The lowest BCUT2D eigenvalue weighted by Crippen LogP contribution is -2.38. The minimum atomic E-state index is -0.0579. The molecule has 2 saturated heterocycles. The summed E-state index contributed by atoms with van der Waals surface area (Å²) in [5.41, 5.74) is 0.624. The summed E-state index contributed by atoms with van der Waals surface area (Å²) in [7, 11) is 0. The van der Waals surface area contributed by atoms with Crippen LogP contribution >= 0.6 is 0 Å². The maximum Gasteiger partial charge on any atom is 0.134 e. The predicted molar refractivity (Wildman–Crippen MR) is 95.9 cm³/mol. The molecule has 0 bridgehead atoms. The van der Waals surface area contributed by atoms with Gasteiger partial charge in [0.2, 0.25) is 0 Å². The molecular weight excluding hydrogens is 334 g/mol. The number of anilines is 2. The van der Waals surface area contributed by atoms with Crippen molar-refractivity contribution in [2.75, 3.05) is 49.2 Å². The van der Waals surface area contributed by atoms with Crippen molar-refractivity contribution in [1.82, 2.24) is 25.0 Å². The molecule has 0 saturated carbocycles. The number of aliphatic hydroxyl groups excluding tert-OH is 1. The minimum absolute atomic E-state index is 0.0579. The summed E-state index contributed by atoms with van der Waals surface area (Å²) in [6.07, 6.45) is 5.67. The summed E-state index contributed by atoms with van der Waals surface area (Å²) in [6.45, 7) is 6.02. The average Bonchev–Trinajstić information content (AvgIpc) is 3.17. The van der Waals surface area contributed by atoms with Gasteiger partial charge in [-0.15, -0.1) is 5.10 Å². The molecule has 9 heteroatoms. The molecule has 2 aromatic rings. The van der Waals surface area contributed by atoms with E-state index in [4.69, 9.17) is 9.84 Å². The number of piperidine rings is 1. The summed E-state index contributed by atoms with van der Waals surface area (Å²) < 4.78 is 7.26. The highest BCUT2D eigenvalue weighted by molar-refractivity contribution is 5.50. The molecular formula is C17H25N7O2. The van der Waals surface area contributed by atoms with Crippen LogP contribution in [0, 0.1) is 5.92 Å². The first-order chi connectivity index (χ1) is 12.8. The molecule has 0 radical (unpaired) electrons. The standard InChI is InChI=1S/C17H25N7O2/c25-12-15-11-24(21-20-15)10-14-1-3-22(4-2-14)16-9-17(19-13-18-16)23-5-7-26-8-6-23/h9,11,13-14,25H,1-8,10,12H2. The van der Waals surface area contributed by atoms with Crippen molar-refractivity contribution in [1.29, 1.82) is 0 Å². The van der Waals surface area contributed by atoms with Crippen molar-refractivity contribution < 1.29 is 9.84 Å². The molecule has 0 atom stereocenters. The van der Waals surface area contributed by atoms with Crippen LogP contribution in [0.3, 0.4) is 0 Å². The third-order valence-electron chi connectivity index (χ3n) is 5.11. The minimum Gasteiger partial charge on any atom is -0.390 e. The Morgan fingerprint density at radius 3 is 2.38 bits per heavy atom. The largest absolute Gasteiger partial charge is 0.390 e.